The number of hydrogen-bond donors (Lipinski definition) is 2. The highest BCUT2D eigenvalue weighted by Gasteiger charge is 2.17. The molecule has 0 heterocycles. The lowest BCUT2D eigenvalue weighted by atomic mass is 10.2. The molecular formula is C15H16F2N2O6. The fraction of sp³-hybridized carbons (Fsp3) is 0.267. The lowest BCUT2D eigenvalue weighted by molar-refractivity contribution is -0.149. The van der Waals surface area contributed by atoms with Gasteiger partial charge in [-0.2, -0.15) is 8.78 Å². The Morgan fingerprint density at radius 3 is 2.48 bits per heavy atom. The summed E-state index contributed by atoms with van der Waals surface area (Å²) < 4.78 is 38.4. The number of hydrogen-bond acceptors (Lipinski definition) is 6. The summed E-state index contributed by atoms with van der Waals surface area (Å²) in [7, 11) is 1.27. The van der Waals surface area contributed by atoms with Gasteiger partial charge >= 0.3 is 18.6 Å². The average Bonchev–Trinajstić information content (AvgIpc) is 2.52. The molecule has 0 aromatic heterocycles. The lowest BCUT2D eigenvalue weighted by Crippen LogP contribution is -2.42. The first-order chi connectivity index (χ1) is 11.7. The van der Waals surface area contributed by atoms with E-state index in [2.05, 4.69) is 4.74 Å². The Kier molecular flexibility index (Phi) is 7.32. The van der Waals surface area contributed by atoms with Crippen molar-refractivity contribution in [2.75, 3.05) is 7.11 Å². The number of rotatable bonds is 7. The van der Waals surface area contributed by atoms with Gasteiger partial charge in [-0.25, -0.2) is 9.59 Å². The SMILES string of the molecule is COc1cc(/C=C/C(=O)O[C@@H](C)C(=O)NC(N)=O)ccc1OC(F)F. The topological polar surface area (TPSA) is 117 Å². The van der Waals surface area contributed by atoms with Crippen LogP contribution in [0.25, 0.3) is 6.08 Å². The predicted molar refractivity (Wildman–Crippen MR) is 81.9 cm³/mol. The number of primary amides is 1. The van der Waals surface area contributed by atoms with Crippen LogP contribution in [0.2, 0.25) is 0 Å². The number of halogens is 2. The van der Waals surface area contributed by atoms with E-state index in [0.29, 0.717) is 5.56 Å². The highest BCUT2D eigenvalue weighted by Crippen LogP contribution is 2.29. The van der Waals surface area contributed by atoms with Crippen molar-refractivity contribution in [1.29, 1.82) is 0 Å². The molecule has 1 aromatic carbocycles. The number of amides is 3. The number of methoxy groups -OCH3 is 1. The summed E-state index contributed by atoms with van der Waals surface area (Å²) in [6, 6.07) is 2.96. The largest absolute Gasteiger partial charge is 0.493 e. The third-order valence-corrected chi connectivity index (χ3v) is 2.72. The predicted octanol–water partition coefficient (Wildman–Crippen LogP) is 1.44. The molecule has 3 amide bonds. The second kappa shape index (κ2) is 9.21. The van der Waals surface area contributed by atoms with Gasteiger partial charge in [0, 0.05) is 6.08 Å². The summed E-state index contributed by atoms with van der Waals surface area (Å²) in [5.74, 6) is -1.84. The van der Waals surface area contributed by atoms with Gasteiger partial charge in [-0.3, -0.25) is 10.1 Å². The number of ether oxygens (including phenoxy) is 3. The number of nitrogens with two attached hydrogens (primary N) is 1. The maximum Gasteiger partial charge on any atom is 0.387 e. The molecule has 1 rings (SSSR count). The summed E-state index contributed by atoms with van der Waals surface area (Å²) >= 11 is 0. The number of carbonyl (C=O) groups excluding carboxylic acids is 3. The van der Waals surface area contributed by atoms with Crippen LogP contribution in [0, 0.1) is 0 Å². The summed E-state index contributed by atoms with van der Waals surface area (Å²) in [6.45, 7) is -1.75. The normalized spacial score (nSPS) is 11.9. The zero-order valence-electron chi connectivity index (χ0n) is 13.3. The third-order valence-electron chi connectivity index (χ3n) is 2.72. The number of imide groups is 1. The second-order valence-corrected chi connectivity index (χ2v) is 4.55. The third kappa shape index (κ3) is 6.85. The lowest BCUT2D eigenvalue weighted by Gasteiger charge is -2.11. The van der Waals surface area contributed by atoms with Crippen LogP contribution in [0.5, 0.6) is 11.5 Å². The van der Waals surface area contributed by atoms with E-state index in [0.717, 1.165) is 6.08 Å². The Hall–Kier alpha value is -3.17. The quantitative estimate of drug-likeness (QED) is 0.563. The fourth-order valence-electron chi connectivity index (χ4n) is 1.64. The van der Waals surface area contributed by atoms with Crippen LogP contribution in [0.1, 0.15) is 12.5 Å². The van der Waals surface area contributed by atoms with Crippen molar-refractivity contribution in [2.45, 2.75) is 19.6 Å². The van der Waals surface area contributed by atoms with Crippen molar-refractivity contribution in [3.05, 3.63) is 29.8 Å². The molecule has 3 N–H and O–H groups in total. The first kappa shape index (κ1) is 19.9. The number of benzene rings is 1. The molecule has 0 aliphatic rings. The van der Waals surface area contributed by atoms with Gasteiger partial charge in [0.05, 0.1) is 7.11 Å². The fourth-order valence-corrected chi connectivity index (χ4v) is 1.64. The zero-order valence-corrected chi connectivity index (χ0v) is 13.3. The molecule has 1 aromatic rings. The highest BCUT2D eigenvalue weighted by molar-refractivity contribution is 5.97. The van der Waals surface area contributed by atoms with Gasteiger partial charge in [0.15, 0.2) is 17.6 Å². The number of alkyl halides is 2. The van der Waals surface area contributed by atoms with Crippen molar-refractivity contribution < 1.29 is 37.4 Å². The number of carbonyl (C=O) groups is 3. The Morgan fingerprint density at radius 1 is 1.24 bits per heavy atom. The van der Waals surface area contributed by atoms with Crippen molar-refractivity contribution in [1.82, 2.24) is 5.32 Å². The summed E-state index contributed by atoms with van der Waals surface area (Å²) in [5, 5.41) is 1.77. The van der Waals surface area contributed by atoms with Crippen LogP contribution in [0.3, 0.4) is 0 Å². The van der Waals surface area contributed by atoms with Crippen molar-refractivity contribution in [3.63, 3.8) is 0 Å². The molecule has 0 aliphatic carbocycles. The summed E-state index contributed by atoms with van der Waals surface area (Å²) in [5.41, 5.74) is 5.21. The molecule has 0 saturated carbocycles. The minimum Gasteiger partial charge on any atom is -0.493 e. The van der Waals surface area contributed by atoms with Gasteiger partial charge < -0.3 is 19.9 Å². The standard InChI is InChI=1S/C15H16F2N2O6/c1-8(13(21)19-15(18)22)24-12(20)6-4-9-3-5-10(25-14(16)17)11(7-9)23-2/h3-8,14H,1-2H3,(H3,18,19,21,22)/b6-4+/t8-/m0/s1. The monoisotopic (exact) mass is 358 g/mol. The van der Waals surface area contributed by atoms with Crippen LogP contribution in [0.15, 0.2) is 24.3 Å². The van der Waals surface area contributed by atoms with Gasteiger partial charge in [0.1, 0.15) is 0 Å². The molecule has 0 bridgehead atoms. The van der Waals surface area contributed by atoms with Crippen molar-refractivity contribution in [3.8, 4) is 11.5 Å². The molecule has 0 fully saturated rings. The number of nitrogens with one attached hydrogen (secondary N) is 1. The zero-order chi connectivity index (χ0) is 19.0. The average molecular weight is 358 g/mol. The van der Waals surface area contributed by atoms with Crippen LogP contribution in [-0.4, -0.2) is 37.7 Å². The molecule has 0 aliphatic heterocycles. The minimum atomic E-state index is -3.00. The van der Waals surface area contributed by atoms with Crippen LogP contribution in [0.4, 0.5) is 13.6 Å². The first-order valence-corrected chi connectivity index (χ1v) is 6.84. The Bertz CT molecular complexity index is 678. The van der Waals surface area contributed by atoms with Crippen molar-refractivity contribution in [2.24, 2.45) is 5.73 Å². The molecule has 25 heavy (non-hydrogen) atoms. The van der Waals surface area contributed by atoms with Gasteiger partial charge in [0.25, 0.3) is 5.91 Å². The molecule has 1 atom stereocenters. The van der Waals surface area contributed by atoms with Crippen LogP contribution < -0.4 is 20.5 Å². The second-order valence-electron chi connectivity index (χ2n) is 4.55. The van der Waals surface area contributed by atoms with E-state index in [9.17, 15) is 23.2 Å². The van der Waals surface area contributed by atoms with Crippen molar-refractivity contribution >= 4 is 24.0 Å². The Labute approximate surface area is 141 Å². The van der Waals surface area contributed by atoms with E-state index in [-0.39, 0.29) is 11.5 Å². The maximum absolute atomic E-state index is 12.2. The molecular weight excluding hydrogens is 342 g/mol. The first-order valence-electron chi connectivity index (χ1n) is 6.84. The van der Waals surface area contributed by atoms with E-state index in [1.165, 1.54) is 38.3 Å². The molecule has 0 radical (unpaired) electrons. The maximum atomic E-state index is 12.2. The molecule has 10 heteroatoms. The van der Waals surface area contributed by atoms with Crippen LogP contribution >= 0.6 is 0 Å². The molecule has 8 nitrogen and oxygen atoms in total. The van der Waals surface area contributed by atoms with Gasteiger partial charge in [0.2, 0.25) is 0 Å². The molecule has 0 saturated heterocycles. The molecule has 0 spiro atoms. The highest BCUT2D eigenvalue weighted by atomic mass is 19.3. The Balaban J connectivity index is 2.72. The van der Waals surface area contributed by atoms with Gasteiger partial charge in [-0.15, -0.1) is 0 Å². The Morgan fingerprint density at radius 2 is 1.92 bits per heavy atom. The molecule has 0 unspecified atom stereocenters. The van der Waals surface area contributed by atoms with E-state index in [1.807, 2.05) is 0 Å². The minimum absolute atomic E-state index is 0.0463. The van der Waals surface area contributed by atoms with E-state index >= 15 is 0 Å². The van der Waals surface area contributed by atoms with Gasteiger partial charge in [-0.05, 0) is 30.7 Å². The van der Waals surface area contributed by atoms with Crippen LogP contribution in [-0.2, 0) is 14.3 Å². The van der Waals surface area contributed by atoms with E-state index in [1.54, 1.807) is 5.32 Å². The summed E-state index contributed by atoms with van der Waals surface area (Å²) in [6.07, 6.45) is 1.09. The molecule has 136 valence electrons. The smallest absolute Gasteiger partial charge is 0.387 e. The summed E-state index contributed by atoms with van der Waals surface area (Å²) in [4.78, 5) is 33.5. The number of esters is 1. The van der Waals surface area contributed by atoms with E-state index in [4.69, 9.17) is 15.2 Å². The van der Waals surface area contributed by atoms with E-state index < -0.39 is 30.6 Å². The number of urea groups is 1. The van der Waals surface area contributed by atoms with Gasteiger partial charge in [-0.1, -0.05) is 6.07 Å².